The minimum absolute atomic E-state index is 0.0596. The molecule has 0 aliphatic carbocycles. The van der Waals surface area contributed by atoms with E-state index in [0.29, 0.717) is 19.4 Å². The molecule has 2 N–H and O–H groups in total. The Morgan fingerprint density at radius 2 is 1.59 bits per heavy atom. The number of hydrogen-bond donors (Lipinski definition) is 2. The molecule has 2 aromatic rings. The van der Waals surface area contributed by atoms with Gasteiger partial charge in [-0.15, -0.1) is 0 Å². The molecule has 0 bridgehead atoms. The minimum atomic E-state index is -0.724. The third-order valence-electron chi connectivity index (χ3n) is 5.96. The summed E-state index contributed by atoms with van der Waals surface area (Å²) < 4.78 is 0. The van der Waals surface area contributed by atoms with Gasteiger partial charge in [-0.2, -0.15) is 0 Å². The van der Waals surface area contributed by atoms with Crippen molar-refractivity contribution in [2.75, 3.05) is 13.6 Å². The topological polar surface area (TPSA) is 78.5 Å². The summed E-state index contributed by atoms with van der Waals surface area (Å²) in [5.74, 6) is -0.733. The van der Waals surface area contributed by atoms with Gasteiger partial charge in [0.1, 0.15) is 12.1 Å². The summed E-state index contributed by atoms with van der Waals surface area (Å²) in [7, 11) is 1.56. The lowest BCUT2D eigenvalue weighted by molar-refractivity contribution is -0.145. The van der Waals surface area contributed by atoms with Crippen LogP contribution in [0.15, 0.2) is 60.7 Å². The van der Waals surface area contributed by atoms with Crippen LogP contribution in [0.4, 0.5) is 0 Å². The largest absolute Gasteiger partial charge is 0.357 e. The third-order valence-corrected chi connectivity index (χ3v) is 5.96. The fourth-order valence-electron chi connectivity index (χ4n) is 4.31. The quantitative estimate of drug-likeness (QED) is 0.732. The Morgan fingerprint density at radius 3 is 2.16 bits per heavy atom. The van der Waals surface area contributed by atoms with Crippen LogP contribution in [0.3, 0.4) is 0 Å². The number of rotatable bonds is 6. The number of benzene rings is 2. The lowest BCUT2D eigenvalue weighted by atomic mass is 9.89. The van der Waals surface area contributed by atoms with Crippen molar-refractivity contribution in [1.29, 1.82) is 0 Å². The average Bonchev–Trinajstić information content (AvgIpc) is 3.23. The molecule has 0 spiro atoms. The van der Waals surface area contributed by atoms with Crippen LogP contribution in [-0.2, 0) is 20.8 Å². The average molecular weight is 436 g/mol. The van der Waals surface area contributed by atoms with Crippen LogP contribution in [0.2, 0.25) is 0 Å². The SMILES string of the molecule is CNC(=O)[C@H](Cc1ccccc1)NC(=O)[C@@H]1[C@@H](c2ccccc2)CCN1C(=O)C(C)(C)C. The highest BCUT2D eigenvalue weighted by molar-refractivity contribution is 5.94. The van der Waals surface area contributed by atoms with Crippen LogP contribution in [0.25, 0.3) is 0 Å². The summed E-state index contributed by atoms with van der Waals surface area (Å²) in [4.78, 5) is 41.1. The summed E-state index contributed by atoms with van der Waals surface area (Å²) in [5.41, 5.74) is 1.38. The van der Waals surface area contributed by atoms with E-state index in [1.54, 1.807) is 11.9 Å². The number of likely N-dealkylation sites (N-methyl/N-ethyl adjacent to an activating group) is 1. The molecular formula is C26H33N3O3. The first-order valence-corrected chi connectivity index (χ1v) is 11.1. The molecular weight excluding hydrogens is 402 g/mol. The van der Waals surface area contributed by atoms with E-state index in [-0.39, 0.29) is 23.6 Å². The number of nitrogens with zero attached hydrogens (tertiary/aromatic N) is 1. The second-order valence-corrected chi connectivity index (χ2v) is 9.36. The maximum absolute atomic E-state index is 13.6. The number of amides is 3. The number of likely N-dealkylation sites (tertiary alicyclic amines) is 1. The fourth-order valence-corrected chi connectivity index (χ4v) is 4.31. The normalized spacial score (nSPS) is 19.3. The van der Waals surface area contributed by atoms with E-state index in [1.165, 1.54) is 0 Å². The Balaban J connectivity index is 1.89. The number of hydrogen-bond acceptors (Lipinski definition) is 3. The Labute approximate surface area is 190 Å². The predicted octanol–water partition coefficient (Wildman–Crippen LogP) is 2.89. The molecule has 1 heterocycles. The Bertz CT molecular complexity index is 938. The molecule has 3 rings (SSSR count). The molecule has 6 heteroatoms. The van der Waals surface area contributed by atoms with Gasteiger partial charge in [-0.25, -0.2) is 0 Å². The van der Waals surface area contributed by atoms with Gasteiger partial charge in [0.2, 0.25) is 17.7 Å². The predicted molar refractivity (Wildman–Crippen MR) is 125 cm³/mol. The summed E-state index contributed by atoms with van der Waals surface area (Å²) in [6.07, 6.45) is 1.08. The first-order chi connectivity index (χ1) is 15.2. The molecule has 32 heavy (non-hydrogen) atoms. The molecule has 0 radical (unpaired) electrons. The van der Waals surface area contributed by atoms with Crippen molar-refractivity contribution in [3.05, 3.63) is 71.8 Å². The molecule has 170 valence electrons. The van der Waals surface area contributed by atoms with Crippen LogP contribution in [0.5, 0.6) is 0 Å². The van der Waals surface area contributed by atoms with Gasteiger partial charge in [0, 0.05) is 31.3 Å². The summed E-state index contributed by atoms with van der Waals surface area (Å²) in [6, 6.07) is 18.0. The summed E-state index contributed by atoms with van der Waals surface area (Å²) >= 11 is 0. The first kappa shape index (κ1) is 23.5. The molecule has 1 aliphatic heterocycles. The molecule has 0 unspecified atom stereocenters. The van der Waals surface area contributed by atoms with Crippen LogP contribution in [0, 0.1) is 5.41 Å². The van der Waals surface area contributed by atoms with Crippen LogP contribution in [-0.4, -0.2) is 48.3 Å². The lowest BCUT2D eigenvalue weighted by Crippen LogP contribution is -2.55. The standard InChI is InChI=1S/C26H33N3O3/c1-26(2,3)25(32)29-16-15-20(19-13-9-6-10-14-19)22(29)24(31)28-21(23(30)27-4)17-18-11-7-5-8-12-18/h5-14,20-22H,15-17H2,1-4H3,(H,27,30)(H,28,31)/t20-,21+,22+/m1/s1. The van der Waals surface area contributed by atoms with E-state index in [9.17, 15) is 14.4 Å². The third kappa shape index (κ3) is 5.36. The number of carbonyl (C=O) groups is 3. The van der Waals surface area contributed by atoms with Crippen LogP contribution in [0.1, 0.15) is 44.2 Å². The van der Waals surface area contributed by atoms with Gasteiger partial charge in [0.05, 0.1) is 0 Å². The zero-order valence-electron chi connectivity index (χ0n) is 19.3. The molecule has 1 saturated heterocycles. The van der Waals surface area contributed by atoms with Crippen molar-refractivity contribution in [2.24, 2.45) is 5.41 Å². The van der Waals surface area contributed by atoms with Gasteiger partial charge in [-0.1, -0.05) is 81.4 Å². The Kier molecular flexibility index (Phi) is 7.33. The molecule has 3 atom stereocenters. The van der Waals surface area contributed by atoms with Crippen molar-refractivity contribution in [3.63, 3.8) is 0 Å². The van der Waals surface area contributed by atoms with Crippen LogP contribution >= 0.6 is 0 Å². The van der Waals surface area contributed by atoms with E-state index in [4.69, 9.17) is 0 Å². The van der Waals surface area contributed by atoms with Crippen molar-refractivity contribution >= 4 is 17.7 Å². The highest BCUT2D eigenvalue weighted by Crippen LogP contribution is 2.36. The summed E-state index contributed by atoms with van der Waals surface area (Å²) in [6.45, 7) is 6.10. The fraction of sp³-hybridized carbons (Fsp3) is 0.423. The van der Waals surface area contributed by atoms with E-state index < -0.39 is 17.5 Å². The lowest BCUT2D eigenvalue weighted by Gasteiger charge is -2.33. The maximum atomic E-state index is 13.6. The smallest absolute Gasteiger partial charge is 0.244 e. The van der Waals surface area contributed by atoms with Gasteiger partial charge in [0.25, 0.3) is 0 Å². The molecule has 1 aliphatic rings. The van der Waals surface area contributed by atoms with E-state index in [1.807, 2.05) is 81.4 Å². The van der Waals surface area contributed by atoms with Gasteiger partial charge < -0.3 is 15.5 Å². The molecule has 3 amide bonds. The van der Waals surface area contributed by atoms with Crippen molar-refractivity contribution in [2.45, 2.75) is 51.6 Å². The highest BCUT2D eigenvalue weighted by Gasteiger charge is 2.45. The Hall–Kier alpha value is -3.15. The van der Waals surface area contributed by atoms with Gasteiger partial charge in [-0.05, 0) is 17.5 Å². The maximum Gasteiger partial charge on any atom is 0.244 e. The summed E-state index contributed by atoms with van der Waals surface area (Å²) in [5, 5.41) is 5.60. The molecule has 1 fully saturated rings. The van der Waals surface area contributed by atoms with E-state index in [0.717, 1.165) is 11.1 Å². The van der Waals surface area contributed by atoms with Gasteiger partial charge >= 0.3 is 0 Å². The number of carbonyl (C=O) groups excluding carboxylic acids is 3. The molecule has 0 saturated carbocycles. The van der Waals surface area contributed by atoms with Crippen molar-refractivity contribution < 1.29 is 14.4 Å². The second-order valence-electron chi connectivity index (χ2n) is 9.36. The monoisotopic (exact) mass is 435 g/mol. The van der Waals surface area contributed by atoms with Crippen LogP contribution < -0.4 is 10.6 Å². The number of nitrogens with one attached hydrogen (secondary N) is 2. The first-order valence-electron chi connectivity index (χ1n) is 11.1. The van der Waals surface area contributed by atoms with Gasteiger partial charge in [-0.3, -0.25) is 14.4 Å². The van der Waals surface area contributed by atoms with E-state index >= 15 is 0 Å². The molecule has 2 aromatic carbocycles. The molecule has 0 aromatic heterocycles. The zero-order valence-corrected chi connectivity index (χ0v) is 19.3. The van der Waals surface area contributed by atoms with Crippen molar-refractivity contribution in [1.82, 2.24) is 15.5 Å². The highest BCUT2D eigenvalue weighted by atomic mass is 16.2. The van der Waals surface area contributed by atoms with Gasteiger partial charge in [0.15, 0.2) is 0 Å². The Morgan fingerprint density at radius 1 is 1.00 bits per heavy atom. The van der Waals surface area contributed by atoms with Crippen molar-refractivity contribution in [3.8, 4) is 0 Å². The van der Waals surface area contributed by atoms with E-state index in [2.05, 4.69) is 10.6 Å². The zero-order chi connectivity index (χ0) is 23.3. The minimum Gasteiger partial charge on any atom is -0.357 e. The molecule has 6 nitrogen and oxygen atoms in total. The second kappa shape index (κ2) is 9.98.